The summed E-state index contributed by atoms with van der Waals surface area (Å²) >= 11 is 0. The summed E-state index contributed by atoms with van der Waals surface area (Å²) in [7, 11) is 1.81. The van der Waals surface area contributed by atoms with Crippen molar-refractivity contribution in [2.24, 2.45) is 5.92 Å². The standard InChI is InChI=1S/C28H38N4O3/c1-5-25-26(19(3)32-35-25)27-18(2)24(14-20-10-7-6-8-11-20)30-28(31-27)21-12-9-13-23(15-21)34-17-22(33)16-29-4/h9,12-13,15,20,22,29,33H,5-8,10-11,14,16-17H2,1-4H3. The van der Waals surface area contributed by atoms with Gasteiger partial charge in [0.1, 0.15) is 24.2 Å². The van der Waals surface area contributed by atoms with Gasteiger partial charge in [0.25, 0.3) is 0 Å². The number of nitrogens with one attached hydrogen (secondary N) is 1. The molecule has 2 N–H and O–H groups in total. The van der Waals surface area contributed by atoms with Gasteiger partial charge < -0.3 is 19.7 Å². The number of aliphatic hydroxyl groups excluding tert-OH is 1. The first-order valence-electron chi connectivity index (χ1n) is 12.9. The number of likely N-dealkylation sites (N-methyl/N-ethyl adjacent to an activating group) is 1. The second kappa shape index (κ2) is 11.8. The molecule has 35 heavy (non-hydrogen) atoms. The largest absolute Gasteiger partial charge is 0.491 e. The zero-order valence-electron chi connectivity index (χ0n) is 21.4. The number of rotatable bonds is 10. The maximum atomic E-state index is 10.0. The summed E-state index contributed by atoms with van der Waals surface area (Å²) in [6, 6.07) is 7.80. The second-order valence-corrected chi connectivity index (χ2v) is 9.65. The zero-order chi connectivity index (χ0) is 24.8. The number of aromatic nitrogens is 3. The molecule has 1 aliphatic rings. The van der Waals surface area contributed by atoms with Crippen molar-refractivity contribution in [3.8, 4) is 28.4 Å². The van der Waals surface area contributed by atoms with Crippen LogP contribution in [-0.2, 0) is 12.8 Å². The van der Waals surface area contributed by atoms with E-state index in [1.54, 1.807) is 0 Å². The minimum atomic E-state index is -0.572. The average molecular weight is 479 g/mol. The molecule has 0 aliphatic heterocycles. The van der Waals surface area contributed by atoms with Crippen molar-refractivity contribution in [3.63, 3.8) is 0 Å². The lowest BCUT2D eigenvalue weighted by molar-refractivity contribution is 0.108. The van der Waals surface area contributed by atoms with E-state index in [-0.39, 0.29) is 6.61 Å². The Morgan fingerprint density at radius 2 is 1.97 bits per heavy atom. The number of aryl methyl sites for hydroxylation is 2. The van der Waals surface area contributed by atoms with Crippen molar-refractivity contribution in [3.05, 3.63) is 47.0 Å². The summed E-state index contributed by atoms with van der Waals surface area (Å²) in [5.41, 5.74) is 5.87. The molecule has 3 aromatic rings. The van der Waals surface area contributed by atoms with E-state index in [4.69, 9.17) is 19.2 Å². The van der Waals surface area contributed by atoms with E-state index >= 15 is 0 Å². The van der Waals surface area contributed by atoms with Gasteiger partial charge in [-0.1, -0.05) is 56.3 Å². The normalized spacial score (nSPS) is 15.3. The fourth-order valence-corrected chi connectivity index (χ4v) is 4.97. The van der Waals surface area contributed by atoms with Crippen molar-refractivity contribution in [2.75, 3.05) is 20.2 Å². The van der Waals surface area contributed by atoms with Crippen LogP contribution >= 0.6 is 0 Å². The van der Waals surface area contributed by atoms with Gasteiger partial charge in [0.05, 0.1) is 17.0 Å². The highest BCUT2D eigenvalue weighted by Gasteiger charge is 2.23. The quantitative estimate of drug-likeness (QED) is 0.421. The molecular formula is C28H38N4O3. The maximum Gasteiger partial charge on any atom is 0.160 e. The van der Waals surface area contributed by atoms with Gasteiger partial charge in [-0.15, -0.1) is 0 Å². The molecule has 1 unspecified atom stereocenters. The fraction of sp³-hybridized carbons (Fsp3) is 0.536. The van der Waals surface area contributed by atoms with Crippen LogP contribution < -0.4 is 10.1 Å². The van der Waals surface area contributed by atoms with Crippen LogP contribution in [0.4, 0.5) is 0 Å². The van der Waals surface area contributed by atoms with Gasteiger partial charge in [-0.2, -0.15) is 0 Å². The molecular weight excluding hydrogens is 440 g/mol. The summed E-state index contributed by atoms with van der Waals surface area (Å²) in [4.78, 5) is 10.1. The van der Waals surface area contributed by atoms with Gasteiger partial charge in [0.2, 0.25) is 0 Å². The second-order valence-electron chi connectivity index (χ2n) is 9.65. The first-order chi connectivity index (χ1) is 17.0. The molecule has 1 fully saturated rings. The number of benzene rings is 1. The van der Waals surface area contributed by atoms with Crippen molar-refractivity contribution in [1.82, 2.24) is 20.4 Å². The van der Waals surface area contributed by atoms with Gasteiger partial charge >= 0.3 is 0 Å². The fourth-order valence-electron chi connectivity index (χ4n) is 4.97. The average Bonchev–Trinajstić information content (AvgIpc) is 3.25. The van der Waals surface area contributed by atoms with E-state index in [2.05, 4.69) is 24.3 Å². The van der Waals surface area contributed by atoms with Gasteiger partial charge in [-0.25, -0.2) is 9.97 Å². The van der Waals surface area contributed by atoms with Gasteiger partial charge in [-0.3, -0.25) is 0 Å². The van der Waals surface area contributed by atoms with Crippen molar-refractivity contribution < 1.29 is 14.4 Å². The van der Waals surface area contributed by atoms with Crippen LogP contribution in [0.1, 0.15) is 61.7 Å². The van der Waals surface area contributed by atoms with Crippen LogP contribution in [-0.4, -0.2) is 46.5 Å². The number of hydrogen-bond acceptors (Lipinski definition) is 7. The lowest BCUT2D eigenvalue weighted by Crippen LogP contribution is -2.29. The molecule has 0 amide bonds. The lowest BCUT2D eigenvalue weighted by Gasteiger charge is -2.22. The first-order valence-corrected chi connectivity index (χ1v) is 12.9. The van der Waals surface area contributed by atoms with Gasteiger partial charge in [0, 0.05) is 24.2 Å². The summed E-state index contributed by atoms with van der Waals surface area (Å²) in [5, 5.41) is 17.2. The Morgan fingerprint density at radius 3 is 2.71 bits per heavy atom. The molecule has 7 nitrogen and oxygen atoms in total. The van der Waals surface area contributed by atoms with Crippen LogP contribution in [0.2, 0.25) is 0 Å². The van der Waals surface area contributed by atoms with E-state index in [1.807, 2.05) is 38.2 Å². The molecule has 0 saturated heterocycles. The van der Waals surface area contributed by atoms with Crippen LogP contribution in [0.5, 0.6) is 5.75 Å². The van der Waals surface area contributed by atoms with E-state index in [9.17, 15) is 5.11 Å². The Kier molecular flexibility index (Phi) is 8.52. The Labute approximate surface area is 208 Å². The lowest BCUT2D eigenvalue weighted by atomic mass is 9.85. The van der Waals surface area contributed by atoms with Crippen LogP contribution in [0, 0.1) is 19.8 Å². The molecule has 1 saturated carbocycles. The Bertz CT molecular complexity index is 1120. The molecule has 2 heterocycles. The zero-order valence-corrected chi connectivity index (χ0v) is 21.4. The van der Waals surface area contributed by atoms with Crippen molar-refractivity contribution >= 4 is 0 Å². The molecule has 7 heteroatoms. The Hall–Kier alpha value is -2.77. The van der Waals surface area contributed by atoms with Crippen LogP contribution in [0.25, 0.3) is 22.6 Å². The molecule has 0 spiro atoms. The highest BCUT2D eigenvalue weighted by molar-refractivity contribution is 5.71. The predicted molar refractivity (Wildman–Crippen MR) is 138 cm³/mol. The van der Waals surface area contributed by atoms with Crippen LogP contribution in [0.3, 0.4) is 0 Å². The summed E-state index contributed by atoms with van der Waals surface area (Å²) in [5.74, 6) is 2.89. The number of aliphatic hydroxyl groups is 1. The van der Waals surface area contributed by atoms with E-state index in [1.165, 1.54) is 32.1 Å². The summed E-state index contributed by atoms with van der Waals surface area (Å²) in [6.07, 6.45) is 7.62. The summed E-state index contributed by atoms with van der Waals surface area (Å²) in [6.45, 7) is 6.88. The maximum absolute atomic E-state index is 10.0. The van der Waals surface area contributed by atoms with E-state index in [0.717, 1.165) is 52.4 Å². The minimum absolute atomic E-state index is 0.219. The van der Waals surface area contributed by atoms with Gasteiger partial charge in [-0.05, 0) is 50.9 Å². The highest BCUT2D eigenvalue weighted by Crippen LogP contribution is 2.35. The molecule has 4 rings (SSSR count). The molecule has 1 atom stereocenters. The smallest absolute Gasteiger partial charge is 0.160 e. The van der Waals surface area contributed by atoms with Crippen molar-refractivity contribution in [1.29, 1.82) is 0 Å². The van der Waals surface area contributed by atoms with Gasteiger partial charge in [0.15, 0.2) is 5.82 Å². The number of ether oxygens (including phenoxy) is 1. The molecule has 0 bridgehead atoms. The molecule has 0 radical (unpaired) electrons. The third-order valence-electron chi connectivity index (χ3n) is 6.92. The third kappa shape index (κ3) is 6.08. The monoisotopic (exact) mass is 478 g/mol. The third-order valence-corrected chi connectivity index (χ3v) is 6.92. The highest BCUT2D eigenvalue weighted by atomic mass is 16.5. The van der Waals surface area contributed by atoms with Crippen molar-refractivity contribution in [2.45, 2.75) is 71.8 Å². The molecule has 188 valence electrons. The molecule has 1 aliphatic carbocycles. The molecule has 1 aromatic carbocycles. The minimum Gasteiger partial charge on any atom is -0.491 e. The predicted octanol–water partition coefficient (Wildman–Crippen LogP) is 5.06. The van der Waals surface area contributed by atoms with E-state index < -0.39 is 6.10 Å². The Balaban J connectivity index is 1.73. The van der Waals surface area contributed by atoms with Crippen LogP contribution in [0.15, 0.2) is 28.8 Å². The number of hydrogen-bond donors (Lipinski definition) is 2. The van der Waals surface area contributed by atoms with E-state index in [0.29, 0.717) is 24.0 Å². The first kappa shape index (κ1) is 25.3. The summed E-state index contributed by atoms with van der Waals surface area (Å²) < 4.78 is 11.5. The SMILES string of the molecule is CCc1onc(C)c1-c1nc(-c2cccc(OCC(O)CNC)c2)nc(CC2CCCCC2)c1C. The Morgan fingerprint density at radius 1 is 1.17 bits per heavy atom. The number of nitrogens with zero attached hydrogens (tertiary/aromatic N) is 3. The topological polar surface area (TPSA) is 93.3 Å². The molecule has 2 aromatic heterocycles.